The Labute approximate surface area is 100 Å². The molecule has 5 nitrogen and oxygen atoms in total. The fraction of sp³-hybridized carbons (Fsp3) is 0.667. The first kappa shape index (κ1) is 10.8. The van der Waals surface area contributed by atoms with Crippen LogP contribution in [0.15, 0.2) is 10.7 Å². The fourth-order valence-corrected chi connectivity index (χ4v) is 2.10. The van der Waals surface area contributed by atoms with Crippen LogP contribution in [0.3, 0.4) is 0 Å². The van der Waals surface area contributed by atoms with Crippen LogP contribution in [0.1, 0.15) is 30.3 Å². The number of amides is 1. The number of nitrogens with one attached hydrogen (secondary N) is 1. The predicted octanol–water partition coefficient (Wildman–Crippen LogP) is 0.526. The van der Waals surface area contributed by atoms with Gasteiger partial charge in [-0.05, 0) is 12.8 Å². The van der Waals surface area contributed by atoms with Crippen molar-refractivity contribution in [2.45, 2.75) is 25.2 Å². The normalized spacial score (nSPS) is 20.6. The highest BCUT2D eigenvalue weighted by atomic mass is 16.3. The van der Waals surface area contributed by atoms with Gasteiger partial charge in [0.15, 0.2) is 5.89 Å². The third-order valence-electron chi connectivity index (χ3n) is 3.30. The van der Waals surface area contributed by atoms with E-state index in [9.17, 15) is 4.79 Å². The van der Waals surface area contributed by atoms with E-state index in [1.54, 1.807) is 6.26 Å². The molecule has 1 saturated heterocycles. The van der Waals surface area contributed by atoms with E-state index in [1.165, 1.54) is 12.8 Å². The number of nitrogens with zero attached hydrogens (tertiary/aromatic N) is 2. The van der Waals surface area contributed by atoms with Crippen LogP contribution < -0.4 is 5.32 Å². The topological polar surface area (TPSA) is 58.4 Å². The molecule has 3 rings (SSSR count). The Morgan fingerprint density at radius 2 is 2.24 bits per heavy atom. The number of rotatable bonds is 3. The maximum atomic E-state index is 12.0. The third kappa shape index (κ3) is 2.49. The summed E-state index contributed by atoms with van der Waals surface area (Å²) in [6.45, 7) is 3.37. The van der Waals surface area contributed by atoms with E-state index in [1.807, 2.05) is 4.90 Å². The highest BCUT2D eigenvalue weighted by Crippen LogP contribution is 2.39. The van der Waals surface area contributed by atoms with Gasteiger partial charge in [-0.2, -0.15) is 0 Å². The minimum atomic E-state index is 0.155. The molecule has 1 aromatic rings. The number of hydrogen-bond donors (Lipinski definition) is 1. The Balaban J connectivity index is 1.58. The van der Waals surface area contributed by atoms with Gasteiger partial charge in [0.05, 0.1) is 12.1 Å². The third-order valence-corrected chi connectivity index (χ3v) is 3.30. The van der Waals surface area contributed by atoms with Crippen LogP contribution in [0.25, 0.3) is 0 Å². The molecule has 0 unspecified atom stereocenters. The van der Waals surface area contributed by atoms with Gasteiger partial charge in [-0.1, -0.05) is 0 Å². The molecule has 17 heavy (non-hydrogen) atoms. The molecule has 0 aromatic carbocycles. The summed E-state index contributed by atoms with van der Waals surface area (Å²) in [6, 6.07) is 0. The van der Waals surface area contributed by atoms with Gasteiger partial charge in [-0.25, -0.2) is 4.98 Å². The molecule has 92 valence electrons. The van der Waals surface area contributed by atoms with Crippen LogP contribution >= 0.6 is 0 Å². The lowest BCUT2D eigenvalue weighted by molar-refractivity contribution is -0.131. The van der Waals surface area contributed by atoms with Crippen molar-refractivity contribution in [1.29, 1.82) is 0 Å². The summed E-state index contributed by atoms with van der Waals surface area (Å²) in [5, 5.41) is 3.23. The summed E-state index contributed by atoms with van der Waals surface area (Å²) in [6.07, 6.45) is 4.35. The monoisotopic (exact) mass is 235 g/mol. The molecule has 1 N–H and O–H groups in total. The Morgan fingerprint density at radius 1 is 1.47 bits per heavy atom. The second-order valence-electron chi connectivity index (χ2n) is 4.76. The molecule has 1 aliphatic carbocycles. The average Bonchev–Trinajstić information content (AvgIpc) is 3.12. The lowest BCUT2D eigenvalue weighted by atomic mass is 10.2. The van der Waals surface area contributed by atoms with E-state index in [0.717, 1.165) is 37.8 Å². The minimum Gasteiger partial charge on any atom is -0.448 e. The van der Waals surface area contributed by atoms with Gasteiger partial charge in [0.25, 0.3) is 0 Å². The van der Waals surface area contributed by atoms with Gasteiger partial charge < -0.3 is 14.6 Å². The molecule has 1 aliphatic heterocycles. The summed E-state index contributed by atoms with van der Waals surface area (Å²) in [7, 11) is 0. The van der Waals surface area contributed by atoms with E-state index in [2.05, 4.69) is 10.3 Å². The summed E-state index contributed by atoms with van der Waals surface area (Å²) in [4.78, 5) is 18.2. The first-order valence-corrected chi connectivity index (χ1v) is 6.26. The lowest BCUT2D eigenvalue weighted by Gasteiger charge is -2.27. The van der Waals surface area contributed by atoms with E-state index in [4.69, 9.17) is 4.42 Å². The van der Waals surface area contributed by atoms with Gasteiger partial charge >= 0.3 is 0 Å². The molecule has 2 heterocycles. The molecule has 1 aromatic heterocycles. The number of carbonyl (C=O) groups is 1. The van der Waals surface area contributed by atoms with Crippen molar-refractivity contribution >= 4 is 5.91 Å². The molecule has 1 saturated carbocycles. The molecule has 0 spiro atoms. The van der Waals surface area contributed by atoms with Crippen molar-refractivity contribution in [2.75, 3.05) is 26.2 Å². The standard InChI is InChI=1S/C12H17N3O2/c16-11(15-5-3-13-4-6-15)7-10-8-17-12(14-10)9-1-2-9/h8-9,13H,1-7H2. The molecule has 0 radical (unpaired) electrons. The Morgan fingerprint density at radius 3 is 2.94 bits per heavy atom. The summed E-state index contributed by atoms with van der Waals surface area (Å²) >= 11 is 0. The van der Waals surface area contributed by atoms with Crippen LogP contribution in [0.2, 0.25) is 0 Å². The van der Waals surface area contributed by atoms with Crippen LogP contribution in [0, 0.1) is 0 Å². The predicted molar refractivity (Wildman–Crippen MR) is 61.6 cm³/mol. The lowest BCUT2D eigenvalue weighted by Crippen LogP contribution is -2.46. The highest BCUT2D eigenvalue weighted by molar-refractivity contribution is 5.78. The Hall–Kier alpha value is -1.36. The summed E-state index contributed by atoms with van der Waals surface area (Å²) in [5.74, 6) is 1.48. The van der Waals surface area contributed by atoms with Gasteiger partial charge in [0.2, 0.25) is 5.91 Å². The second-order valence-corrected chi connectivity index (χ2v) is 4.76. The van der Waals surface area contributed by atoms with E-state index in [-0.39, 0.29) is 5.91 Å². The van der Waals surface area contributed by atoms with Crippen molar-refractivity contribution in [3.05, 3.63) is 17.8 Å². The Bertz CT molecular complexity index is 406. The maximum absolute atomic E-state index is 12.0. The van der Waals surface area contributed by atoms with Gasteiger partial charge in [-0.15, -0.1) is 0 Å². The molecule has 0 atom stereocenters. The highest BCUT2D eigenvalue weighted by Gasteiger charge is 2.29. The van der Waals surface area contributed by atoms with Crippen LogP contribution in [-0.4, -0.2) is 42.0 Å². The van der Waals surface area contributed by atoms with Crippen molar-refractivity contribution in [3.8, 4) is 0 Å². The van der Waals surface area contributed by atoms with Crippen molar-refractivity contribution in [2.24, 2.45) is 0 Å². The molecule has 5 heteroatoms. The van der Waals surface area contributed by atoms with Gasteiger partial charge in [-0.3, -0.25) is 4.79 Å². The smallest absolute Gasteiger partial charge is 0.228 e. The van der Waals surface area contributed by atoms with Gasteiger partial charge in [0, 0.05) is 32.1 Å². The largest absolute Gasteiger partial charge is 0.448 e. The number of oxazole rings is 1. The van der Waals surface area contributed by atoms with E-state index in [0.29, 0.717) is 12.3 Å². The van der Waals surface area contributed by atoms with Crippen molar-refractivity contribution in [1.82, 2.24) is 15.2 Å². The number of hydrogen-bond acceptors (Lipinski definition) is 4. The van der Waals surface area contributed by atoms with Crippen LogP contribution in [0.5, 0.6) is 0 Å². The molecule has 2 aliphatic rings. The quantitative estimate of drug-likeness (QED) is 0.830. The number of aromatic nitrogens is 1. The van der Waals surface area contributed by atoms with E-state index < -0.39 is 0 Å². The maximum Gasteiger partial charge on any atom is 0.228 e. The number of piperazine rings is 1. The van der Waals surface area contributed by atoms with E-state index >= 15 is 0 Å². The van der Waals surface area contributed by atoms with Gasteiger partial charge in [0.1, 0.15) is 6.26 Å². The van der Waals surface area contributed by atoms with Crippen LogP contribution in [0.4, 0.5) is 0 Å². The van der Waals surface area contributed by atoms with Crippen LogP contribution in [-0.2, 0) is 11.2 Å². The zero-order chi connectivity index (χ0) is 11.7. The first-order chi connectivity index (χ1) is 8.33. The fourth-order valence-electron chi connectivity index (χ4n) is 2.10. The first-order valence-electron chi connectivity index (χ1n) is 6.26. The molecule has 2 fully saturated rings. The zero-order valence-corrected chi connectivity index (χ0v) is 9.82. The molecular formula is C12H17N3O2. The minimum absolute atomic E-state index is 0.155. The van der Waals surface area contributed by atoms with Crippen molar-refractivity contribution in [3.63, 3.8) is 0 Å². The zero-order valence-electron chi connectivity index (χ0n) is 9.82. The van der Waals surface area contributed by atoms with Crippen molar-refractivity contribution < 1.29 is 9.21 Å². The molecule has 0 bridgehead atoms. The summed E-state index contributed by atoms with van der Waals surface area (Å²) < 4.78 is 5.38. The summed E-state index contributed by atoms with van der Waals surface area (Å²) in [5.41, 5.74) is 0.774. The Kier molecular flexibility index (Phi) is 2.84. The SMILES string of the molecule is O=C(Cc1coc(C2CC2)n1)N1CCNCC1. The average molecular weight is 235 g/mol. The molecular weight excluding hydrogens is 218 g/mol. The molecule has 1 amide bonds. The second kappa shape index (κ2) is 4.49. The number of carbonyl (C=O) groups excluding carboxylic acids is 1.